The number of nitrogens with zero attached hydrogens (tertiary/aromatic N) is 1. The Morgan fingerprint density at radius 1 is 1.24 bits per heavy atom. The average Bonchev–Trinajstić information content (AvgIpc) is 2.60. The Kier molecular flexibility index (Phi) is 4.81. The fraction of sp³-hybridized carbons (Fsp3) is 0.235. The van der Waals surface area contributed by atoms with Crippen molar-refractivity contribution in [1.29, 1.82) is 0 Å². The third-order valence-electron chi connectivity index (χ3n) is 4.23. The van der Waals surface area contributed by atoms with Crippen molar-refractivity contribution in [2.75, 3.05) is 13.6 Å². The number of amides is 1. The maximum Gasteiger partial charge on any atom is 0.258 e. The number of benzene rings is 2. The molecule has 3 rings (SSSR count). The molecule has 1 heterocycles. The highest BCUT2D eigenvalue weighted by Gasteiger charge is 2.26. The highest BCUT2D eigenvalue weighted by atomic mass is 35.5. The number of hydrogen-bond donors (Lipinski definition) is 1. The molecule has 0 spiro atoms. The zero-order valence-corrected chi connectivity index (χ0v) is 15.0. The number of carbonyl (C=O) groups excluding carboxylic acids is 1. The van der Waals surface area contributed by atoms with Crippen LogP contribution >= 0.6 is 11.6 Å². The van der Waals surface area contributed by atoms with Crippen molar-refractivity contribution in [3.05, 3.63) is 63.9 Å². The van der Waals surface area contributed by atoms with Crippen molar-refractivity contribution in [2.45, 2.75) is 17.9 Å². The normalized spacial score (nSPS) is 14.3. The molecule has 0 unspecified atom stereocenters. The zero-order valence-electron chi connectivity index (χ0n) is 13.4. The van der Waals surface area contributed by atoms with Crippen molar-refractivity contribution in [2.24, 2.45) is 0 Å². The molecule has 25 heavy (non-hydrogen) atoms. The summed E-state index contributed by atoms with van der Waals surface area (Å²) in [5.41, 5.74) is 1.54. The largest absolute Gasteiger partial charge is 0.334 e. The predicted octanol–water partition coefficient (Wildman–Crippen LogP) is 2.59. The number of sulfonamides is 1. The number of nitrogens with one attached hydrogen (secondary N) is 1. The van der Waals surface area contributed by atoms with Gasteiger partial charge in [0, 0.05) is 13.1 Å². The third kappa shape index (κ3) is 3.40. The molecule has 1 aliphatic heterocycles. The standard InChI is InChI=1S/C17H16ClFN2O3S/c1-20-25(23,24)13-6-5-11-7-8-21(10-12(11)9-13)17(22)16-14(18)3-2-4-15(16)19/h2-6,9,20H,7-8,10H2,1H3. The summed E-state index contributed by atoms with van der Waals surface area (Å²) in [5, 5.41) is 0.0577. The van der Waals surface area contributed by atoms with E-state index >= 15 is 0 Å². The molecule has 1 N–H and O–H groups in total. The fourth-order valence-corrected chi connectivity index (χ4v) is 3.88. The van der Waals surface area contributed by atoms with Crippen LogP contribution in [0.15, 0.2) is 41.3 Å². The molecule has 2 aromatic rings. The van der Waals surface area contributed by atoms with Gasteiger partial charge >= 0.3 is 0 Å². The summed E-state index contributed by atoms with van der Waals surface area (Å²) >= 11 is 5.97. The van der Waals surface area contributed by atoms with Gasteiger partial charge in [-0.3, -0.25) is 4.79 Å². The first-order chi connectivity index (χ1) is 11.8. The Morgan fingerprint density at radius 2 is 2.00 bits per heavy atom. The first-order valence-corrected chi connectivity index (χ1v) is 9.48. The number of rotatable bonds is 3. The number of halogens is 2. The SMILES string of the molecule is CNS(=O)(=O)c1ccc2c(c1)CN(C(=O)c1c(F)cccc1Cl)CC2. The Balaban J connectivity index is 1.93. The van der Waals surface area contributed by atoms with E-state index < -0.39 is 21.7 Å². The van der Waals surface area contributed by atoms with Crippen LogP contribution in [0.4, 0.5) is 4.39 Å². The quantitative estimate of drug-likeness (QED) is 0.887. The van der Waals surface area contributed by atoms with Crippen molar-refractivity contribution in [3.63, 3.8) is 0 Å². The molecule has 0 aliphatic carbocycles. The molecule has 132 valence electrons. The van der Waals surface area contributed by atoms with Crippen LogP contribution in [0.25, 0.3) is 0 Å². The summed E-state index contributed by atoms with van der Waals surface area (Å²) in [6, 6.07) is 8.92. The van der Waals surface area contributed by atoms with E-state index in [0.717, 1.165) is 11.1 Å². The minimum atomic E-state index is -3.57. The van der Waals surface area contributed by atoms with Gasteiger partial charge < -0.3 is 4.90 Å². The molecule has 0 aromatic heterocycles. The third-order valence-corrected chi connectivity index (χ3v) is 5.96. The van der Waals surface area contributed by atoms with E-state index in [1.165, 1.54) is 36.2 Å². The van der Waals surface area contributed by atoms with Crippen molar-refractivity contribution in [3.8, 4) is 0 Å². The minimum Gasteiger partial charge on any atom is -0.334 e. The van der Waals surface area contributed by atoms with E-state index in [9.17, 15) is 17.6 Å². The van der Waals surface area contributed by atoms with Gasteiger partial charge in [0.15, 0.2) is 0 Å². The maximum atomic E-state index is 14.0. The molecule has 0 saturated carbocycles. The number of hydrogen-bond acceptors (Lipinski definition) is 3. The molecular weight excluding hydrogens is 367 g/mol. The molecule has 8 heteroatoms. The van der Waals surface area contributed by atoms with Crippen molar-refractivity contribution < 1.29 is 17.6 Å². The lowest BCUT2D eigenvalue weighted by Gasteiger charge is -2.29. The van der Waals surface area contributed by atoms with Crippen molar-refractivity contribution >= 4 is 27.5 Å². The van der Waals surface area contributed by atoms with Crippen LogP contribution in [0.5, 0.6) is 0 Å². The first-order valence-electron chi connectivity index (χ1n) is 7.62. The van der Waals surface area contributed by atoms with Crippen LogP contribution in [-0.2, 0) is 23.0 Å². The highest BCUT2D eigenvalue weighted by molar-refractivity contribution is 7.89. The monoisotopic (exact) mass is 382 g/mol. The van der Waals surface area contributed by atoms with Gasteiger partial charge in [-0.05, 0) is 48.9 Å². The summed E-state index contributed by atoms with van der Waals surface area (Å²) in [7, 11) is -2.23. The Morgan fingerprint density at radius 3 is 2.68 bits per heavy atom. The highest BCUT2D eigenvalue weighted by Crippen LogP contribution is 2.26. The molecule has 1 aliphatic rings. The fourth-order valence-electron chi connectivity index (χ4n) is 2.85. The number of fused-ring (bicyclic) bond motifs is 1. The van der Waals surface area contributed by atoms with Gasteiger partial charge in [0.25, 0.3) is 5.91 Å². The summed E-state index contributed by atoms with van der Waals surface area (Å²) < 4.78 is 40.2. The van der Waals surface area contributed by atoms with Gasteiger partial charge in [0.05, 0.1) is 15.5 Å². The Labute approximate surface area is 150 Å². The molecule has 0 radical (unpaired) electrons. The summed E-state index contributed by atoms with van der Waals surface area (Å²) in [5.74, 6) is -1.18. The van der Waals surface area contributed by atoms with Crippen LogP contribution < -0.4 is 4.72 Å². The van der Waals surface area contributed by atoms with E-state index in [-0.39, 0.29) is 22.0 Å². The minimum absolute atomic E-state index is 0.0577. The second-order valence-electron chi connectivity index (χ2n) is 5.71. The molecule has 0 atom stereocenters. The van der Waals surface area contributed by atoms with Crippen LogP contribution in [-0.4, -0.2) is 32.8 Å². The molecule has 2 aromatic carbocycles. The van der Waals surface area contributed by atoms with Crippen molar-refractivity contribution in [1.82, 2.24) is 9.62 Å². The zero-order chi connectivity index (χ0) is 18.2. The molecule has 5 nitrogen and oxygen atoms in total. The lowest BCUT2D eigenvalue weighted by molar-refractivity contribution is 0.0730. The topological polar surface area (TPSA) is 66.5 Å². The Bertz CT molecular complexity index is 927. The average molecular weight is 383 g/mol. The maximum absolute atomic E-state index is 14.0. The van der Waals surface area contributed by atoms with E-state index in [4.69, 9.17) is 11.6 Å². The molecule has 0 bridgehead atoms. The van der Waals surface area contributed by atoms with Crippen LogP contribution in [0.3, 0.4) is 0 Å². The van der Waals surface area contributed by atoms with Crippen LogP contribution in [0.1, 0.15) is 21.5 Å². The van der Waals surface area contributed by atoms with E-state index in [1.54, 1.807) is 12.1 Å². The van der Waals surface area contributed by atoms with Gasteiger partial charge in [-0.25, -0.2) is 17.5 Å². The van der Waals surface area contributed by atoms with Crippen LogP contribution in [0.2, 0.25) is 5.02 Å². The summed E-state index contributed by atoms with van der Waals surface area (Å²) in [6.07, 6.45) is 0.563. The van der Waals surface area contributed by atoms with Gasteiger partial charge in [-0.15, -0.1) is 0 Å². The summed E-state index contributed by atoms with van der Waals surface area (Å²) in [4.78, 5) is 14.3. The predicted molar refractivity (Wildman–Crippen MR) is 92.5 cm³/mol. The van der Waals surface area contributed by atoms with Gasteiger partial charge in [0.2, 0.25) is 10.0 Å². The van der Waals surface area contributed by atoms with E-state index in [1.807, 2.05) is 0 Å². The van der Waals surface area contributed by atoms with Crippen LogP contribution in [0, 0.1) is 5.82 Å². The Hall–Kier alpha value is -1.96. The lowest BCUT2D eigenvalue weighted by Crippen LogP contribution is -2.36. The van der Waals surface area contributed by atoms with Gasteiger partial charge in [0.1, 0.15) is 5.82 Å². The van der Waals surface area contributed by atoms with E-state index in [0.29, 0.717) is 13.0 Å². The molecule has 1 amide bonds. The van der Waals surface area contributed by atoms with E-state index in [2.05, 4.69) is 4.72 Å². The van der Waals surface area contributed by atoms with Gasteiger partial charge in [-0.1, -0.05) is 23.7 Å². The first kappa shape index (κ1) is 17.8. The second kappa shape index (κ2) is 6.74. The molecule has 0 saturated heterocycles. The molecular formula is C17H16ClFN2O3S. The molecule has 0 fully saturated rings. The second-order valence-corrected chi connectivity index (χ2v) is 8.01. The number of carbonyl (C=O) groups is 1. The van der Waals surface area contributed by atoms with Gasteiger partial charge in [-0.2, -0.15) is 0 Å². The lowest BCUT2D eigenvalue weighted by atomic mass is 9.99. The smallest absolute Gasteiger partial charge is 0.258 e. The summed E-state index contributed by atoms with van der Waals surface area (Å²) in [6.45, 7) is 0.612.